The molecule has 0 radical (unpaired) electrons. The lowest BCUT2D eigenvalue weighted by molar-refractivity contribution is 0.168. The quantitative estimate of drug-likeness (QED) is 0.791. The number of rotatable bonds is 4. The molecule has 1 aliphatic rings. The molecule has 0 fully saturated rings. The normalized spacial score (nSPS) is 15.2. The van der Waals surface area contributed by atoms with E-state index in [9.17, 15) is 14.4 Å². The van der Waals surface area contributed by atoms with Crippen LogP contribution in [0.5, 0.6) is 0 Å². The Balaban J connectivity index is 1.79. The number of carbonyl (C=O) groups excluding carboxylic acids is 1. The third-order valence-electron chi connectivity index (χ3n) is 3.02. The van der Waals surface area contributed by atoms with Crippen LogP contribution in [0, 0.1) is 17.1 Å². The molecule has 0 aliphatic carbocycles. The fourth-order valence-electron chi connectivity index (χ4n) is 1.95. The molecule has 2 aromatic rings. The topological polar surface area (TPSA) is 106 Å². The van der Waals surface area contributed by atoms with Crippen molar-refractivity contribution in [1.82, 2.24) is 19.7 Å². The second kappa shape index (κ2) is 8.03. The third kappa shape index (κ3) is 3.87. The largest absolute Gasteiger partial charge is 0.450 e. The van der Waals surface area contributed by atoms with Gasteiger partial charge in [-0.15, -0.1) is 0 Å². The summed E-state index contributed by atoms with van der Waals surface area (Å²) in [7, 11) is 0. The van der Waals surface area contributed by atoms with E-state index < -0.39 is 11.9 Å². The molecule has 11 heteroatoms. The molecule has 8 nitrogen and oxygen atoms in total. The minimum absolute atomic E-state index is 0.128. The highest BCUT2D eigenvalue weighted by Gasteiger charge is 2.23. The maximum absolute atomic E-state index is 14.4. The molecule has 0 spiro atoms. The number of thioether (sulfide) groups is 2. The number of allylic oxidation sites excluding steroid dienone is 1. The molecule has 26 heavy (non-hydrogen) atoms. The Morgan fingerprint density at radius 3 is 3.04 bits per heavy atom. The van der Waals surface area contributed by atoms with E-state index >= 15 is 0 Å². The van der Waals surface area contributed by atoms with Gasteiger partial charge in [-0.25, -0.2) is 18.9 Å². The number of nitrogens with zero attached hydrogens (tertiary/aromatic N) is 5. The lowest BCUT2D eigenvalue weighted by atomic mass is 10.3. The second-order valence-corrected chi connectivity index (χ2v) is 6.88. The molecule has 3 rings (SSSR count). The van der Waals surface area contributed by atoms with Gasteiger partial charge in [0.05, 0.1) is 22.7 Å². The van der Waals surface area contributed by atoms with E-state index in [2.05, 4.69) is 26.5 Å². The van der Waals surface area contributed by atoms with Gasteiger partial charge in [0, 0.05) is 11.0 Å². The first-order valence-corrected chi connectivity index (χ1v) is 8.95. The van der Waals surface area contributed by atoms with E-state index in [0.717, 1.165) is 6.07 Å². The van der Waals surface area contributed by atoms with Gasteiger partial charge < -0.3 is 4.74 Å². The first kappa shape index (κ1) is 18.0. The molecule has 1 amide bonds. The van der Waals surface area contributed by atoms with Gasteiger partial charge in [0.2, 0.25) is 0 Å². The number of hydrogen-bond acceptors (Lipinski definition) is 8. The van der Waals surface area contributed by atoms with Crippen LogP contribution in [0.1, 0.15) is 12.6 Å². The number of ether oxygens (including phenoxy) is 1. The molecule has 2 aromatic heterocycles. The molecular weight excluding hydrogens is 379 g/mol. The summed E-state index contributed by atoms with van der Waals surface area (Å²) in [5.41, 5.74) is 0.615. The molecule has 0 aromatic carbocycles. The minimum atomic E-state index is -0.678. The first-order chi connectivity index (χ1) is 12.6. The molecule has 0 atom stereocenters. The number of anilines is 1. The maximum atomic E-state index is 14.4. The molecule has 1 aliphatic heterocycles. The van der Waals surface area contributed by atoms with E-state index in [1.807, 2.05) is 0 Å². The van der Waals surface area contributed by atoms with Gasteiger partial charge >= 0.3 is 6.09 Å². The Morgan fingerprint density at radius 1 is 1.54 bits per heavy atom. The summed E-state index contributed by atoms with van der Waals surface area (Å²) in [6, 6.07) is 3.23. The van der Waals surface area contributed by atoms with Crippen LogP contribution in [0.2, 0.25) is 0 Å². The molecule has 0 unspecified atom stereocenters. The van der Waals surface area contributed by atoms with E-state index in [-0.39, 0.29) is 18.0 Å². The van der Waals surface area contributed by atoms with Crippen molar-refractivity contribution in [3.05, 3.63) is 46.1 Å². The Morgan fingerprint density at radius 2 is 2.38 bits per heavy atom. The molecule has 132 valence electrons. The summed E-state index contributed by atoms with van der Waals surface area (Å²) in [4.78, 5) is 19.8. The van der Waals surface area contributed by atoms with Gasteiger partial charge in [0.25, 0.3) is 0 Å². The summed E-state index contributed by atoms with van der Waals surface area (Å²) in [6.45, 7) is 1.88. The number of halogens is 1. The lowest BCUT2D eigenvalue weighted by Gasteiger charge is -2.07. The number of aromatic nitrogens is 4. The highest BCUT2D eigenvalue weighted by Crippen LogP contribution is 2.50. The Kier molecular flexibility index (Phi) is 5.55. The monoisotopic (exact) mass is 390 g/mol. The summed E-state index contributed by atoms with van der Waals surface area (Å²) < 4.78 is 21.1. The van der Waals surface area contributed by atoms with Crippen molar-refractivity contribution in [1.29, 1.82) is 5.26 Å². The number of hydrogen-bond donors (Lipinski definition) is 1. The Bertz CT molecular complexity index is 936. The zero-order chi connectivity index (χ0) is 18.5. The van der Waals surface area contributed by atoms with Crippen LogP contribution < -0.4 is 5.32 Å². The highest BCUT2D eigenvalue weighted by molar-refractivity contribution is 8.31. The number of nitrogens with one attached hydrogen (secondary N) is 1. The van der Waals surface area contributed by atoms with Crippen molar-refractivity contribution in [2.45, 2.75) is 6.92 Å². The molecular formula is C15H11FN6O2S2. The SMILES string of the molecule is CCOC(=O)Nc1cnc(C2=CS/C(=C(/C#N)n3cncn3)S2)c(F)c1. The van der Waals surface area contributed by atoms with E-state index in [1.54, 1.807) is 12.3 Å². The zero-order valence-corrected chi connectivity index (χ0v) is 15.0. The van der Waals surface area contributed by atoms with Gasteiger partial charge in [0.15, 0.2) is 11.5 Å². The Labute approximate surface area is 156 Å². The lowest BCUT2D eigenvalue weighted by Crippen LogP contribution is -2.13. The number of pyridine rings is 1. The summed E-state index contributed by atoms with van der Waals surface area (Å²) >= 11 is 2.49. The van der Waals surface area contributed by atoms with Crippen molar-refractivity contribution < 1.29 is 13.9 Å². The van der Waals surface area contributed by atoms with Crippen molar-refractivity contribution in [3.63, 3.8) is 0 Å². The second-order valence-electron chi connectivity index (χ2n) is 4.69. The predicted molar refractivity (Wildman–Crippen MR) is 96.8 cm³/mol. The van der Waals surface area contributed by atoms with Crippen molar-refractivity contribution in [2.24, 2.45) is 0 Å². The van der Waals surface area contributed by atoms with Crippen LogP contribution in [0.15, 0.2) is 34.6 Å². The smallest absolute Gasteiger partial charge is 0.411 e. The van der Waals surface area contributed by atoms with Crippen LogP contribution in [0.3, 0.4) is 0 Å². The standard InChI is InChI=1S/C15H11FN6O2S2/c1-2-24-15(23)21-9-3-10(16)13(19-5-9)12-6-25-14(26-12)11(4-17)22-8-18-7-20-22/h3,5-8H,2H2,1H3,(H,21,23)/b14-11+. The Hall–Kier alpha value is -2.84. The van der Waals surface area contributed by atoms with Crippen LogP contribution >= 0.6 is 23.5 Å². The average Bonchev–Trinajstić information content (AvgIpc) is 3.29. The summed E-state index contributed by atoms with van der Waals surface area (Å²) in [5.74, 6) is -0.598. The predicted octanol–water partition coefficient (Wildman–Crippen LogP) is 3.51. The van der Waals surface area contributed by atoms with Gasteiger partial charge in [-0.2, -0.15) is 10.4 Å². The van der Waals surface area contributed by atoms with E-state index in [1.165, 1.54) is 47.1 Å². The molecule has 1 N–H and O–H groups in total. The number of nitriles is 1. The zero-order valence-electron chi connectivity index (χ0n) is 13.3. The van der Waals surface area contributed by atoms with Gasteiger partial charge in [-0.3, -0.25) is 10.3 Å². The summed E-state index contributed by atoms with van der Waals surface area (Å²) in [6.07, 6.45) is 3.40. The molecule has 0 saturated heterocycles. The first-order valence-electron chi connectivity index (χ1n) is 7.26. The van der Waals surface area contributed by atoms with Crippen LogP contribution in [0.25, 0.3) is 10.6 Å². The van der Waals surface area contributed by atoms with Crippen molar-refractivity contribution in [2.75, 3.05) is 11.9 Å². The summed E-state index contributed by atoms with van der Waals surface area (Å²) in [5, 5.41) is 17.4. The molecule has 0 bridgehead atoms. The van der Waals surface area contributed by atoms with Crippen LogP contribution in [-0.2, 0) is 4.74 Å². The highest BCUT2D eigenvalue weighted by atomic mass is 32.2. The maximum Gasteiger partial charge on any atom is 0.411 e. The fourth-order valence-corrected chi connectivity index (χ4v) is 4.15. The fraction of sp³-hybridized carbons (Fsp3) is 0.133. The van der Waals surface area contributed by atoms with Crippen molar-refractivity contribution in [3.8, 4) is 6.07 Å². The van der Waals surface area contributed by atoms with E-state index in [4.69, 9.17) is 4.74 Å². The van der Waals surface area contributed by atoms with E-state index in [0.29, 0.717) is 14.8 Å². The average molecular weight is 390 g/mol. The van der Waals surface area contributed by atoms with Gasteiger partial charge in [-0.1, -0.05) is 23.5 Å². The van der Waals surface area contributed by atoms with Gasteiger partial charge in [-0.05, 0) is 12.3 Å². The van der Waals surface area contributed by atoms with Crippen molar-refractivity contribution >= 4 is 45.9 Å². The third-order valence-corrected chi connectivity index (χ3v) is 5.38. The van der Waals surface area contributed by atoms with Gasteiger partial charge in [0.1, 0.15) is 24.4 Å². The number of amides is 1. The molecule has 0 saturated carbocycles. The van der Waals surface area contributed by atoms with Crippen LogP contribution in [0.4, 0.5) is 14.9 Å². The van der Waals surface area contributed by atoms with Crippen LogP contribution in [-0.4, -0.2) is 32.4 Å². The minimum Gasteiger partial charge on any atom is -0.450 e. The molecule has 3 heterocycles. The number of carbonyl (C=O) groups is 1.